The lowest BCUT2D eigenvalue weighted by atomic mass is 9.80. The second-order valence-electron chi connectivity index (χ2n) is 7.47. The van der Waals surface area contributed by atoms with Gasteiger partial charge in [-0.3, -0.25) is 4.79 Å². The highest BCUT2D eigenvalue weighted by Crippen LogP contribution is 2.39. The Labute approximate surface area is 159 Å². The van der Waals surface area contributed by atoms with Crippen LogP contribution in [0.2, 0.25) is 0 Å². The van der Waals surface area contributed by atoms with E-state index in [2.05, 4.69) is 52.8 Å². The minimum absolute atomic E-state index is 0.00235. The van der Waals surface area contributed by atoms with Gasteiger partial charge in [0, 0.05) is 0 Å². The highest BCUT2D eigenvalue weighted by Gasteiger charge is 2.41. The van der Waals surface area contributed by atoms with Crippen LogP contribution in [-0.4, -0.2) is 22.8 Å². The predicted octanol–water partition coefficient (Wildman–Crippen LogP) is 6.08. The summed E-state index contributed by atoms with van der Waals surface area (Å²) < 4.78 is 0. The van der Waals surface area contributed by atoms with Crippen molar-refractivity contribution in [2.75, 3.05) is 0 Å². The van der Waals surface area contributed by atoms with Gasteiger partial charge in [-0.05, 0) is 50.4 Å². The molecule has 1 saturated heterocycles. The van der Waals surface area contributed by atoms with E-state index in [9.17, 15) is 4.79 Å². The number of allylic oxidation sites excluding steroid dienone is 3. The smallest absolute Gasteiger partial charge is 0.306 e. The number of hydrogen-bond acceptors (Lipinski definition) is 3. The fourth-order valence-electron chi connectivity index (χ4n) is 3.70. The van der Waals surface area contributed by atoms with E-state index in [-0.39, 0.29) is 18.4 Å². The topological polar surface area (TPSA) is 55.8 Å². The maximum absolute atomic E-state index is 11.1. The van der Waals surface area contributed by atoms with Gasteiger partial charge in [-0.2, -0.15) is 0 Å². The number of carboxylic acids is 1. The summed E-state index contributed by atoms with van der Waals surface area (Å²) in [6.45, 7) is 10.8. The first kappa shape index (κ1) is 22.9. The summed E-state index contributed by atoms with van der Waals surface area (Å²) >= 11 is 0. The summed E-state index contributed by atoms with van der Waals surface area (Å²) in [6.07, 6.45) is 13.3. The molecule has 0 radical (unpaired) electrons. The van der Waals surface area contributed by atoms with Gasteiger partial charge in [0.25, 0.3) is 0 Å². The number of hydrogen-bond donors (Lipinski definition) is 1. The second-order valence-corrected chi connectivity index (χ2v) is 7.47. The van der Waals surface area contributed by atoms with Gasteiger partial charge >= 0.3 is 5.97 Å². The number of aliphatic carboxylic acids is 1. The predicted molar refractivity (Wildman–Crippen MR) is 106 cm³/mol. The quantitative estimate of drug-likeness (QED) is 0.356. The molecule has 4 atom stereocenters. The van der Waals surface area contributed by atoms with E-state index in [1.807, 2.05) is 0 Å². The van der Waals surface area contributed by atoms with Crippen LogP contribution >= 0.6 is 0 Å². The van der Waals surface area contributed by atoms with E-state index in [0.717, 1.165) is 44.9 Å². The van der Waals surface area contributed by atoms with Gasteiger partial charge in [0.1, 0.15) is 11.7 Å². The summed E-state index contributed by atoms with van der Waals surface area (Å²) in [7, 11) is 0. The average Bonchev–Trinajstić information content (AvgIpc) is 2.65. The Morgan fingerprint density at radius 1 is 1.27 bits per heavy atom. The van der Waals surface area contributed by atoms with Gasteiger partial charge in [0.05, 0.1) is 6.42 Å². The van der Waals surface area contributed by atoms with Crippen LogP contribution < -0.4 is 0 Å². The Morgan fingerprint density at radius 2 is 2.00 bits per heavy atom. The average molecular weight is 367 g/mol. The molecule has 1 N–H and O–H groups in total. The Bertz CT molecular complexity index is 483. The lowest BCUT2D eigenvalue weighted by Gasteiger charge is -2.41. The largest absolute Gasteiger partial charge is 0.481 e. The lowest BCUT2D eigenvalue weighted by Crippen LogP contribution is -2.44. The molecular formula is C22H38O4. The fraction of sp³-hybridized carbons (Fsp3) is 0.773. The van der Waals surface area contributed by atoms with Gasteiger partial charge < -0.3 is 5.11 Å². The Balaban J connectivity index is 2.94. The summed E-state index contributed by atoms with van der Waals surface area (Å²) in [4.78, 5) is 22.5. The highest BCUT2D eigenvalue weighted by atomic mass is 17.2. The molecule has 0 aliphatic carbocycles. The molecule has 1 aliphatic rings. The standard InChI is InChI=1S/C22H38O4/c1-6-11-12-17(7-2)13-18(8-3)15-22(10-5)16-19(9-4)20(25-26-22)14-21(23)24/h11-12,15,17,19-20H,6-10,13-14,16H2,1-5H3,(H,23,24)/t17?,19-,20-,22?/m0/s1. The van der Waals surface area contributed by atoms with Crippen molar-refractivity contribution in [1.29, 1.82) is 0 Å². The molecule has 1 aliphatic heterocycles. The third-order valence-electron chi connectivity index (χ3n) is 5.58. The number of rotatable bonds is 11. The van der Waals surface area contributed by atoms with Gasteiger partial charge in [-0.15, -0.1) is 0 Å². The summed E-state index contributed by atoms with van der Waals surface area (Å²) in [5.41, 5.74) is 0.961. The van der Waals surface area contributed by atoms with E-state index in [4.69, 9.17) is 14.9 Å². The lowest BCUT2D eigenvalue weighted by molar-refractivity contribution is -0.409. The molecule has 1 fully saturated rings. The Hall–Kier alpha value is -1.13. The Kier molecular flexibility index (Phi) is 10.2. The first-order valence-corrected chi connectivity index (χ1v) is 10.4. The van der Waals surface area contributed by atoms with Crippen LogP contribution in [-0.2, 0) is 14.6 Å². The minimum Gasteiger partial charge on any atom is -0.481 e. The molecule has 1 rings (SSSR count). The van der Waals surface area contributed by atoms with Crippen molar-refractivity contribution in [1.82, 2.24) is 0 Å². The van der Waals surface area contributed by atoms with Crippen molar-refractivity contribution < 1.29 is 19.7 Å². The van der Waals surface area contributed by atoms with Gasteiger partial charge in [0.2, 0.25) is 0 Å². The fourth-order valence-corrected chi connectivity index (χ4v) is 3.70. The van der Waals surface area contributed by atoms with Crippen molar-refractivity contribution >= 4 is 5.97 Å². The second kappa shape index (κ2) is 11.6. The first-order valence-electron chi connectivity index (χ1n) is 10.4. The molecule has 0 amide bonds. The summed E-state index contributed by atoms with van der Waals surface area (Å²) in [6, 6.07) is 0. The molecule has 1 heterocycles. The van der Waals surface area contributed by atoms with Gasteiger partial charge in [-0.25, -0.2) is 9.78 Å². The van der Waals surface area contributed by atoms with Crippen LogP contribution in [0.5, 0.6) is 0 Å². The molecule has 0 aromatic heterocycles. The zero-order chi connectivity index (χ0) is 19.6. The van der Waals surface area contributed by atoms with E-state index in [0.29, 0.717) is 5.92 Å². The van der Waals surface area contributed by atoms with Gasteiger partial charge in [0.15, 0.2) is 0 Å². The summed E-state index contributed by atoms with van der Waals surface area (Å²) in [5, 5.41) is 9.09. The molecule has 0 aromatic carbocycles. The third-order valence-corrected chi connectivity index (χ3v) is 5.58. The number of carboxylic acid groups (broad SMARTS) is 1. The molecule has 4 heteroatoms. The van der Waals surface area contributed by atoms with Gasteiger partial charge in [-0.1, -0.05) is 64.8 Å². The Morgan fingerprint density at radius 3 is 2.50 bits per heavy atom. The SMILES string of the molecule is CCC=CC(CC)CC(=CC1(CC)C[C@H](CC)[C@H](CC(=O)O)OO1)CC. The van der Waals surface area contributed by atoms with Crippen molar-refractivity contribution in [3.05, 3.63) is 23.8 Å². The van der Waals surface area contributed by atoms with Crippen LogP contribution in [0, 0.1) is 11.8 Å². The molecule has 150 valence electrons. The molecule has 0 saturated carbocycles. The molecule has 0 spiro atoms. The van der Waals surface area contributed by atoms with Crippen LogP contribution in [0.25, 0.3) is 0 Å². The summed E-state index contributed by atoms with van der Waals surface area (Å²) in [5.74, 6) is -0.0725. The zero-order valence-electron chi connectivity index (χ0n) is 17.3. The third kappa shape index (κ3) is 6.88. The van der Waals surface area contributed by atoms with Crippen LogP contribution in [0.15, 0.2) is 23.8 Å². The zero-order valence-corrected chi connectivity index (χ0v) is 17.3. The maximum Gasteiger partial charge on any atom is 0.306 e. The van der Waals surface area contributed by atoms with Crippen molar-refractivity contribution in [2.45, 2.75) is 97.7 Å². The van der Waals surface area contributed by atoms with E-state index in [1.165, 1.54) is 5.57 Å². The molecule has 4 nitrogen and oxygen atoms in total. The van der Waals surface area contributed by atoms with Crippen LogP contribution in [0.4, 0.5) is 0 Å². The van der Waals surface area contributed by atoms with Crippen molar-refractivity contribution in [2.24, 2.45) is 11.8 Å². The molecule has 26 heavy (non-hydrogen) atoms. The maximum atomic E-state index is 11.1. The number of carbonyl (C=O) groups is 1. The first-order chi connectivity index (χ1) is 12.4. The molecule has 0 bridgehead atoms. The molecule has 2 unspecified atom stereocenters. The molecule has 0 aromatic rings. The highest BCUT2D eigenvalue weighted by molar-refractivity contribution is 5.67. The monoisotopic (exact) mass is 366 g/mol. The molecular weight excluding hydrogens is 328 g/mol. The van der Waals surface area contributed by atoms with Crippen LogP contribution in [0.3, 0.4) is 0 Å². The van der Waals surface area contributed by atoms with E-state index >= 15 is 0 Å². The van der Waals surface area contributed by atoms with Crippen molar-refractivity contribution in [3.8, 4) is 0 Å². The van der Waals surface area contributed by atoms with Crippen LogP contribution in [0.1, 0.15) is 86.0 Å². The van der Waals surface area contributed by atoms with Crippen molar-refractivity contribution in [3.63, 3.8) is 0 Å². The normalized spacial score (nSPS) is 28.4. The van der Waals surface area contributed by atoms with E-state index < -0.39 is 11.6 Å². The minimum atomic E-state index is -0.834. The van der Waals surface area contributed by atoms with E-state index in [1.54, 1.807) is 0 Å².